The van der Waals surface area contributed by atoms with Crippen LogP contribution in [0.2, 0.25) is 0 Å². The van der Waals surface area contributed by atoms with Crippen LogP contribution in [0.15, 0.2) is 88.3 Å². The number of carbonyl (C=O) groups is 8. The summed E-state index contributed by atoms with van der Waals surface area (Å²) in [5.74, 6) is -6.74. The van der Waals surface area contributed by atoms with Gasteiger partial charge in [-0.1, -0.05) is 57.2 Å². The molecule has 11 rings (SSSR count). The smallest absolute Gasteiger partial charge is 0.335 e. The average Bonchev–Trinajstić information content (AvgIpc) is 1.72. The molecule has 5 amide bonds. The number of pyridine rings is 1. The Balaban J connectivity index is 0.998. The number of methoxy groups -OCH3 is 1. The van der Waals surface area contributed by atoms with Gasteiger partial charge in [-0.25, -0.2) is 39.7 Å². The van der Waals surface area contributed by atoms with Crippen LogP contribution in [0.4, 0.5) is 11.5 Å². The highest BCUT2D eigenvalue weighted by atomic mass is 32.1. The quantitative estimate of drug-likeness (QED) is 0.0624. The van der Waals surface area contributed by atoms with Crippen molar-refractivity contribution < 1.29 is 53.3 Å². The Morgan fingerprint density at radius 3 is 2.12 bits per heavy atom. The van der Waals surface area contributed by atoms with E-state index in [2.05, 4.69) is 21.3 Å². The third-order valence-corrected chi connectivity index (χ3v) is 22.0. The van der Waals surface area contributed by atoms with Gasteiger partial charge in [-0.05, 0) is 74.4 Å². The number of hydrogen-bond donors (Lipinski definition) is 6. The number of rotatable bonds is 13. The lowest BCUT2D eigenvalue weighted by atomic mass is 9.81. The number of thiazole rings is 6. The first-order valence-electron chi connectivity index (χ1n) is 29.6. The Morgan fingerprint density at radius 2 is 1.39 bits per heavy atom. The monoisotopic (exact) mass is 1370 g/mol. The van der Waals surface area contributed by atoms with Gasteiger partial charge in [-0.2, -0.15) is 0 Å². The molecule has 23 nitrogen and oxygen atoms in total. The minimum atomic E-state index is -1.19. The number of anilines is 2. The minimum absolute atomic E-state index is 0.0164. The molecule has 0 radical (unpaired) electrons. The van der Waals surface area contributed by atoms with E-state index in [0.717, 1.165) is 5.56 Å². The van der Waals surface area contributed by atoms with Gasteiger partial charge in [-0.15, -0.1) is 68.0 Å². The van der Waals surface area contributed by atoms with Crippen LogP contribution in [0, 0.1) is 24.7 Å². The fourth-order valence-corrected chi connectivity index (χ4v) is 16.8. The fraction of sp³-hybridized carbons (Fsp3) is 0.328. The first-order valence-corrected chi connectivity index (χ1v) is 34.8. The van der Waals surface area contributed by atoms with Crippen LogP contribution in [-0.2, 0) is 30.5 Å². The zero-order chi connectivity index (χ0) is 65.8. The number of nitrogens with one attached hydrogen (secondary N) is 4. The van der Waals surface area contributed by atoms with Crippen molar-refractivity contribution in [3.05, 3.63) is 141 Å². The summed E-state index contributed by atoms with van der Waals surface area (Å²) >= 11 is 7.41. The van der Waals surface area contributed by atoms with Crippen molar-refractivity contribution in [2.24, 2.45) is 17.8 Å². The van der Waals surface area contributed by atoms with Crippen molar-refractivity contribution in [2.45, 2.75) is 96.7 Å². The number of ether oxygens (including phenoxy) is 1. The number of carbonyl (C=O) groups excluding carboxylic acids is 6. The third kappa shape index (κ3) is 14.6. The van der Waals surface area contributed by atoms with Gasteiger partial charge in [0.1, 0.15) is 59.2 Å². The number of amides is 5. The van der Waals surface area contributed by atoms with E-state index in [1.165, 1.54) is 99.2 Å². The Hall–Kier alpha value is -8.71. The highest BCUT2D eigenvalue weighted by Crippen LogP contribution is 2.43. The van der Waals surface area contributed by atoms with E-state index in [9.17, 15) is 48.6 Å². The van der Waals surface area contributed by atoms with E-state index in [4.69, 9.17) is 39.6 Å². The van der Waals surface area contributed by atoms with Gasteiger partial charge in [0, 0.05) is 70.3 Å². The van der Waals surface area contributed by atoms with E-state index in [0.29, 0.717) is 93.8 Å². The Morgan fingerprint density at radius 1 is 0.688 bits per heavy atom. The summed E-state index contributed by atoms with van der Waals surface area (Å²) in [5, 5.41) is 40.8. The molecule has 480 valence electrons. The number of aromatic carboxylic acids is 1. The van der Waals surface area contributed by atoms with Gasteiger partial charge in [0.15, 0.2) is 11.6 Å². The molecule has 8 heterocycles. The van der Waals surface area contributed by atoms with Crippen molar-refractivity contribution >= 4 is 127 Å². The van der Waals surface area contributed by atoms with Crippen LogP contribution in [-0.4, -0.2) is 113 Å². The van der Waals surface area contributed by atoms with Crippen LogP contribution in [0.25, 0.3) is 43.4 Å². The highest BCUT2D eigenvalue weighted by Gasteiger charge is 2.36. The lowest BCUT2D eigenvalue weighted by molar-refractivity contribution is -0.144. The molecule has 93 heavy (non-hydrogen) atoms. The number of Topliss-reactive ketones (excluding diaryl/α,β-unsaturated/α-hetero) is 1. The topological polar surface area (TPSA) is 328 Å². The first-order chi connectivity index (χ1) is 44.7. The van der Waals surface area contributed by atoms with Gasteiger partial charge in [-0.3, -0.25) is 38.5 Å². The number of carboxylic acid groups (broad SMARTS) is 2. The predicted octanol–water partition coefficient (Wildman–Crippen LogP) is 11.5. The van der Waals surface area contributed by atoms with Crippen molar-refractivity contribution in [1.29, 1.82) is 0 Å². The molecule has 1 fully saturated rings. The molecule has 1 aliphatic heterocycles. The number of nitrogens with zero attached hydrogens (tertiary/aromatic N) is 8. The van der Waals surface area contributed by atoms with Crippen molar-refractivity contribution in [3.63, 3.8) is 0 Å². The van der Waals surface area contributed by atoms with E-state index >= 15 is 0 Å². The number of aromatic nitrogens is 7. The van der Waals surface area contributed by atoms with Crippen LogP contribution in [0.5, 0.6) is 0 Å². The molecular formula is C64H62N12O11S6. The molecule has 7 aromatic heterocycles. The molecule has 0 saturated heterocycles. The molecule has 29 heteroatoms. The summed E-state index contributed by atoms with van der Waals surface area (Å²) < 4.78 is 5.51. The SMILES string of the molecule is CNC(=O)C[C@@H]1NC(=O)c2csc(n2)-c2ccc(-c3nc(N(C(=O)C4CCC(C(=O)O)CC4)c4cccc(C(=O)O)c4)cs3)nc2-c2csc(n2)-c2csc(n2)[C@H]([C@@H](C)c2ccccc2)NC(=O)CNC(=O)c2nc(sc2COC)C(C(C)C)CC(=O)c2nc1sc2C. The zero-order valence-corrected chi connectivity index (χ0v) is 55.9. The maximum atomic E-state index is 14.6. The number of ketones is 1. The second-order valence-corrected chi connectivity index (χ2v) is 28.5. The summed E-state index contributed by atoms with van der Waals surface area (Å²) in [6.07, 6.45) is 0.981. The molecule has 2 aromatic carbocycles. The van der Waals surface area contributed by atoms with E-state index < -0.39 is 71.9 Å². The van der Waals surface area contributed by atoms with Crippen LogP contribution in [0.1, 0.15) is 155 Å². The summed E-state index contributed by atoms with van der Waals surface area (Å²) in [6.45, 7) is 7.27. The average molecular weight is 1370 g/mol. The molecule has 6 N–H and O–H groups in total. The molecule has 1 unspecified atom stereocenters. The molecule has 10 bridgehead atoms. The fourth-order valence-electron chi connectivity index (χ4n) is 11.1. The van der Waals surface area contributed by atoms with E-state index in [-0.39, 0.29) is 77.1 Å². The number of carboxylic acids is 2. The first kappa shape index (κ1) is 65.8. The van der Waals surface area contributed by atoms with Gasteiger partial charge in [0.2, 0.25) is 17.7 Å². The maximum Gasteiger partial charge on any atom is 0.335 e. The summed E-state index contributed by atoms with van der Waals surface area (Å²) in [7, 11) is 2.98. The van der Waals surface area contributed by atoms with Crippen molar-refractivity contribution in [3.8, 4) is 43.4 Å². The Bertz CT molecular complexity index is 4320. The molecule has 1 saturated carbocycles. The van der Waals surface area contributed by atoms with Gasteiger partial charge in [0.05, 0.1) is 64.4 Å². The second kappa shape index (κ2) is 28.7. The number of hydrogen-bond acceptors (Lipinski definition) is 22. The lowest BCUT2D eigenvalue weighted by Crippen LogP contribution is -2.40. The second-order valence-electron chi connectivity index (χ2n) is 22.7. The largest absolute Gasteiger partial charge is 0.481 e. The number of benzene rings is 2. The Labute approximate surface area is 557 Å². The molecule has 0 spiro atoms. The van der Waals surface area contributed by atoms with Crippen molar-refractivity contribution in [2.75, 3.05) is 25.6 Å². The predicted molar refractivity (Wildman–Crippen MR) is 355 cm³/mol. The molecular weight excluding hydrogens is 1310 g/mol. The third-order valence-electron chi connectivity index (χ3n) is 16.2. The molecule has 4 atom stereocenters. The Kier molecular flexibility index (Phi) is 20.3. The normalized spacial score (nSPS) is 18.4. The summed E-state index contributed by atoms with van der Waals surface area (Å²) in [6, 6.07) is 17.5. The molecule has 1 aliphatic carbocycles. The van der Waals surface area contributed by atoms with Gasteiger partial charge >= 0.3 is 11.9 Å². The van der Waals surface area contributed by atoms with E-state index in [1.54, 1.807) is 41.9 Å². The zero-order valence-electron chi connectivity index (χ0n) is 51.0. The van der Waals surface area contributed by atoms with Crippen molar-refractivity contribution in [1.82, 2.24) is 56.2 Å². The van der Waals surface area contributed by atoms with Crippen LogP contribution >= 0.6 is 68.0 Å². The highest BCUT2D eigenvalue weighted by molar-refractivity contribution is 7.15. The molecule has 9 aromatic rings. The van der Waals surface area contributed by atoms with Crippen LogP contribution < -0.4 is 26.2 Å². The van der Waals surface area contributed by atoms with Gasteiger partial charge in [0.25, 0.3) is 11.8 Å². The number of aryl methyl sites for hydroxylation is 1. The number of fused-ring (bicyclic) bond motifs is 14. The lowest BCUT2D eigenvalue weighted by Gasteiger charge is -2.30. The van der Waals surface area contributed by atoms with Gasteiger partial charge < -0.3 is 36.2 Å². The minimum Gasteiger partial charge on any atom is -0.481 e. The molecule has 2 aliphatic rings. The standard InChI is InChI=1S/C64H62N12O11S6/c1-30(2)39-22-45(77)51-32(4)92-60(74-51)41(23-48(78)65-5)68-54(80)43-27-88-56(70-43)38-19-20-40(58-72-47(29-91-58)76(37-14-10-13-36(21-37)64(85)86)62(82)34-15-17-35(18-16-34)63(83)84)67-52(38)42-26-89-59(69-42)44-28-90-61(71-44)50(31(3)33-11-8-7-9-12-33)73-49(79)24-66-55(81)53-46(25-87-6)93-57(39)75-53/h7-14,19-21,26-31,34-35,39,41,50H,15-18,22-25H2,1-6H3,(H,65,78)(H,66,81)(H,68,80)(H,73,79)(H,83,84)(H,85,86)/t31-,34?,35?,39?,41-,50-/m0/s1. The maximum absolute atomic E-state index is 14.6. The van der Waals surface area contributed by atoms with E-state index in [1.807, 2.05) is 61.9 Å². The van der Waals surface area contributed by atoms with Crippen LogP contribution in [0.3, 0.4) is 0 Å². The summed E-state index contributed by atoms with van der Waals surface area (Å²) in [4.78, 5) is 146. The number of aliphatic carboxylic acids is 1. The summed E-state index contributed by atoms with van der Waals surface area (Å²) in [5.41, 5.74) is 3.48.